The van der Waals surface area contributed by atoms with E-state index in [-0.39, 0.29) is 23.1 Å². The summed E-state index contributed by atoms with van der Waals surface area (Å²) in [6, 6.07) is 3.95. The van der Waals surface area contributed by atoms with Gasteiger partial charge in [0.25, 0.3) is 0 Å². The molecule has 0 spiro atoms. The first kappa shape index (κ1) is 21.3. The highest BCUT2D eigenvalue weighted by Crippen LogP contribution is 2.39. The van der Waals surface area contributed by atoms with Gasteiger partial charge in [0.05, 0.1) is 5.41 Å². The van der Waals surface area contributed by atoms with Gasteiger partial charge in [-0.1, -0.05) is 18.9 Å². The summed E-state index contributed by atoms with van der Waals surface area (Å²) < 4.78 is 28.1. The standard InChI is InChI=1S/C21H31F2N5O/c1-24-20(25-14-21(10-4-5-11-21)19(29)27(2)3)26-15-9-12-28(13-15)18-16(22)7-6-8-17(18)23/h6-8,15H,4-5,9-14H2,1-3H3,(H2,24,25,26). The minimum absolute atomic E-state index is 0.0179. The van der Waals surface area contributed by atoms with E-state index in [1.165, 1.54) is 18.2 Å². The molecule has 8 heteroatoms. The van der Waals surface area contributed by atoms with Crippen molar-refractivity contribution < 1.29 is 13.6 Å². The largest absolute Gasteiger partial charge is 0.365 e. The minimum atomic E-state index is -0.543. The average molecular weight is 408 g/mol. The summed E-state index contributed by atoms with van der Waals surface area (Å²) in [6.45, 7) is 1.58. The maximum atomic E-state index is 14.1. The van der Waals surface area contributed by atoms with Crippen LogP contribution in [0.1, 0.15) is 32.1 Å². The van der Waals surface area contributed by atoms with Gasteiger partial charge in [0, 0.05) is 46.8 Å². The van der Waals surface area contributed by atoms with Crippen LogP contribution in [0.3, 0.4) is 0 Å². The van der Waals surface area contributed by atoms with Gasteiger partial charge in [-0.3, -0.25) is 9.79 Å². The van der Waals surface area contributed by atoms with E-state index in [9.17, 15) is 13.6 Å². The molecule has 1 unspecified atom stereocenters. The first-order valence-corrected chi connectivity index (χ1v) is 10.2. The third kappa shape index (κ3) is 4.62. The number of rotatable bonds is 5. The fourth-order valence-electron chi connectivity index (χ4n) is 4.51. The molecule has 1 amide bonds. The quantitative estimate of drug-likeness (QED) is 0.581. The van der Waals surface area contributed by atoms with Crippen molar-refractivity contribution in [1.29, 1.82) is 0 Å². The van der Waals surface area contributed by atoms with Gasteiger partial charge >= 0.3 is 0 Å². The Kier molecular flexibility index (Phi) is 6.59. The first-order chi connectivity index (χ1) is 13.9. The lowest BCUT2D eigenvalue weighted by Crippen LogP contribution is -2.51. The Morgan fingerprint density at radius 1 is 1.28 bits per heavy atom. The Labute approximate surface area is 171 Å². The predicted octanol–water partition coefficient (Wildman–Crippen LogP) is 2.36. The molecule has 1 aromatic carbocycles. The smallest absolute Gasteiger partial charge is 0.230 e. The molecule has 0 radical (unpaired) electrons. The van der Waals surface area contributed by atoms with Gasteiger partial charge in [0.15, 0.2) is 5.96 Å². The number of amides is 1. The van der Waals surface area contributed by atoms with Crippen LogP contribution < -0.4 is 15.5 Å². The molecule has 6 nitrogen and oxygen atoms in total. The molecule has 1 atom stereocenters. The summed E-state index contributed by atoms with van der Waals surface area (Å²) in [5.74, 6) is -0.319. The topological polar surface area (TPSA) is 60.0 Å². The van der Waals surface area contributed by atoms with E-state index < -0.39 is 11.6 Å². The second-order valence-corrected chi connectivity index (χ2v) is 8.26. The number of guanidine groups is 1. The van der Waals surface area contributed by atoms with Crippen molar-refractivity contribution in [2.75, 3.05) is 45.7 Å². The lowest BCUT2D eigenvalue weighted by molar-refractivity contribution is -0.138. The number of hydrogen-bond acceptors (Lipinski definition) is 3. The molecule has 160 valence electrons. The van der Waals surface area contributed by atoms with Crippen molar-refractivity contribution in [3.63, 3.8) is 0 Å². The number of benzene rings is 1. The maximum absolute atomic E-state index is 14.1. The van der Waals surface area contributed by atoms with Crippen LogP contribution in [0, 0.1) is 17.0 Å². The van der Waals surface area contributed by atoms with E-state index in [2.05, 4.69) is 15.6 Å². The van der Waals surface area contributed by atoms with E-state index in [1.54, 1.807) is 30.9 Å². The second kappa shape index (κ2) is 8.97. The molecule has 1 saturated carbocycles. The van der Waals surface area contributed by atoms with Crippen molar-refractivity contribution in [3.05, 3.63) is 29.8 Å². The maximum Gasteiger partial charge on any atom is 0.230 e. The van der Waals surface area contributed by atoms with Crippen molar-refractivity contribution in [1.82, 2.24) is 15.5 Å². The van der Waals surface area contributed by atoms with Gasteiger partial charge < -0.3 is 20.4 Å². The summed E-state index contributed by atoms with van der Waals surface area (Å²) in [5, 5.41) is 6.66. The molecule has 2 N–H and O–H groups in total. The number of carbonyl (C=O) groups excluding carboxylic acids is 1. The van der Waals surface area contributed by atoms with E-state index in [0.717, 1.165) is 32.1 Å². The summed E-state index contributed by atoms with van der Waals surface area (Å²) in [7, 11) is 5.28. The molecule has 0 bridgehead atoms. The van der Waals surface area contributed by atoms with Gasteiger partial charge in [-0.15, -0.1) is 0 Å². The van der Waals surface area contributed by atoms with Crippen LogP contribution in [-0.4, -0.2) is 63.6 Å². The summed E-state index contributed by atoms with van der Waals surface area (Å²) >= 11 is 0. The van der Waals surface area contributed by atoms with Crippen LogP contribution in [0.5, 0.6) is 0 Å². The molecule has 2 aliphatic rings. The first-order valence-electron chi connectivity index (χ1n) is 10.2. The van der Waals surface area contributed by atoms with E-state index in [4.69, 9.17) is 0 Å². The molecular formula is C21H31F2N5O. The molecule has 0 aromatic heterocycles. The summed E-state index contributed by atoms with van der Waals surface area (Å²) in [5.41, 5.74) is -0.361. The highest BCUT2D eigenvalue weighted by molar-refractivity contribution is 5.85. The number of nitrogens with one attached hydrogen (secondary N) is 2. The SMILES string of the molecule is CN=C(NCC1(C(=O)N(C)C)CCCC1)NC1CCN(c2c(F)cccc2F)C1. The monoisotopic (exact) mass is 407 g/mol. The number of hydrogen-bond donors (Lipinski definition) is 2. The fourth-order valence-corrected chi connectivity index (χ4v) is 4.51. The second-order valence-electron chi connectivity index (χ2n) is 8.26. The lowest BCUT2D eigenvalue weighted by atomic mass is 9.84. The van der Waals surface area contributed by atoms with Gasteiger partial charge in [0.1, 0.15) is 17.3 Å². The van der Waals surface area contributed by atoms with Crippen LogP contribution in [-0.2, 0) is 4.79 Å². The Balaban J connectivity index is 1.59. The molecule has 1 aliphatic carbocycles. The van der Waals surface area contributed by atoms with Crippen molar-refractivity contribution in [2.45, 2.75) is 38.1 Å². The number of aliphatic imine (C=N–C) groups is 1. The van der Waals surface area contributed by atoms with Crippen molar-refractivity contribution in [2.24, 2.45) is 10.4 Å². The van der Waals surface area contributed by atoms with Gasteiger partial charge in [-0.05, 0) is 31.4 Å². The van der Waals surface area contributed by atoms with Crippen LogP contribution >= 0.6 is 0 Å². The third-order valence-corrected chi connectivity index (χ3v) is 6.02. The lowest BCUT2D eigenvalue weighted by Gasteiger charge is -2.31. The van der Waals surface area contributed by atoms with Crippen molar-refractivity contribution in [3.8, 4) is 0 Å². The highest BCUT2D eigenvalue weighted by atomic mass is 19.1. The van der Waals surface area contributed by atoms with Crippen LogP contribution in [0.2, 0.25) is 0 Å². The molecule has 2 fully saturated rings. The van der Waals surface area contributed by atoms with Gasteiger partial charge in [0.2, 0.25) is 5.91 Å². The zero-order chi connectivity index (χ0) is 21.0. The Morgan fingerprint density at radius 3 is 2.52 bits per heavy atom. The number of halogens is 2. The van der Waals surface area contributed by atoms with Gasteiger partial charge in [-0.2, -0.15) is 0 Å². The van der Waals surface area contributed by atoms with E-state index in [1.807, 2.05) is 0 Å². The minimum Gasteiger partial charge on any atom is -0.365 e. The number of carbonyl (C=O) groups is 1. The van der Waals surface area contributed by atoms with Crippen LogP contribution in [0.15, 0.2) is 23.2 Å². The summed E-state index contributed by atoms with van der Waals surface area (Å²) in [4.78, 5) is 20.4. The van der Waals surface area contributed by atoms with Gasteiger partial charge in [-0.25, -0.2) is 8.78 Å². The van der Waals surface area contributed by atoms with Crippen LogP contribution in [0.25, 0.3) is 0 Å². The number of anilines is 1. The zero-order valence-corrected chi connectivity index (χ0v) is 17.5. The van der Waals surface area contributed by atoms with E-state index in [0.29, 0.717) is 25.6 Å². The van der Waals surface area contributed by atoms with Crippen LogP contribution in [0.4, 0.5) is 14.5 Å². The summed E-state index contributed by atoms with van der Waals surface area (Å²) in [6.07, 6.45) is 4.60. The van der Waals surface area contributed by atoms with E-state index >= 15 is 0 Å². The molecule has 1 aromatic rings. The van der Waals surface area contributed by atoms with Crippen molar-refractivity contribution >= 4 is 17.6 Å². The normalized spacial score (nSPS) is 21.3. The molecular weight excluding hydrogens is 376 g/mol. The molecule has 1 aliphatic heterocycles. The number of nitrogens with zero attached hydrogens (tertiary/aromatic N) is 3. The molecule has 3 rings (SSSR count). The molecule has 29 heavy (non-hydrogen) atoms. The zero-order valence-electron chi connectivity index (χ0n) is 17.5. The number of para-hydroxylation sites is 1. The Hall–Kier alpha value is -2.38. The highest BCUT2D eigenvalue weighted by Gasteiger charge is 2.42. The Bertz CT molecular complexity index is 741. The Morgan fingerprint density at radius 2 is 1.93 bits per heavy atom. The fraction of sp³-hybridized carbons (Fsp3) is 0.619. The predicted molar refractivity (Wildman–Crippen MR) is 111 cm³/mol. The molecule has 1 saturated heterocycles. The average Bonchev–Trinajstić information content (AvgIpc) is 3.35. The third-order valence-electron chi connectivity index (χ3n) is 6.02. The molecule has 1 heterocycles.